The molecule has 0 aliphatic heterocycles. The quantitative estimate of drug-likeness (QED) is 0.238. The van der Waals surface area contributed by atoms with Crippen molar-refractivity contribution in [2.24, 2.45) is 5.16 Å². The molecular formula is C6H11N3O3. The molecule has 12 heavy (non-hydrogen) atoms. The van der Waals surface area contributed by atoms with Crippen molar-refractivity contribution in [1.29, 1.82) is 10.8 Å². The molecule has 3 N–H and O–H groups in total. The molecule has 68 valence electrons. The highest BCUT2D eigenvalue weighted by Crippen LogP contribution is 1.78. The molecule has 0 aliphatic rings. The summed E-state index contributed by atoms with van der Waals surface area (Å²) >= 11 is 0. The zero-order valence-corrected chi connectivity index (χ0v) is 6.92. The van der Waals surface area contributed by atoms with E-state index in [4.69, 9.17) is 25.6 Å². The van der Waals surface area contributed by atoms with Crippen molar-refractivity contribution in [3.63, 3.8) is 0 Å². The Morgan fingerprint density at radius 3 is 1.67 bits per heavy atom. The summed E-state index contributed by atoms with van der Waals surface area (Å²) in [5, 5.41) is 21.7. The van der Waals surface area contributed by atoms with Crippen LogP contribution in [0.25, 0.3) is 0 Å². The molecule has 0 amide bonds. The van der Waals surface area contributed by atoms with Crippen LogP contribution < -0.4 is 0 Å². The van der Waals surface area contributed by atoms with Gasteiger partial charge in [0.1, 0.15) is 0 Å². The monoisotopic (exact) mass is 173 g/mol. The summed E-state index contributed by atoms with van der Waals surface area (Å²) in [4.78, 5) is 16.7. The van der Waals surface area contributed by atoms with Crippen molar-refractivity contribution in [2.45, 2.75) is 20.3 Å². The Balaban J connectivity index is -0.000000115. The van der Waals surface area contributed by atoms with Crippen LogP contribution in [0.3, 0.4) is 0 Å². The van der Waals surface area contributed by atoms with E-state index in [1.807, 2.05) is 6.92 Å². The Labute approximate surface area is 69.9 Å². The van der Waals surface area contributed by atoms with Gasteiger partial charge in [-0.05, 0) is 13.3 Å². The van der Waals surface area contributed by atoms with E-state index in [2.05, 4.69) is 5.16 Å². The maximum atomic E-state index is 8.35. The summed E-state index contributed by atoms with van der Waals surface area (Å²) in [5.74, 6) is 0. The smallest absolute Gasteiger partial charge is 0.231 e. The number of nitrogens with one attached hydrogen (secondary N) is 2. The van der Waals surface area contributed by atoms with Gasteiger partial charge in [0.2, 0.25) is 12.2 Å². The van der Waals surface area contributed by atoms with Gasteiger partial charge in [0.05, 0.1) is 5.71 Å². The maximum Gasteiger partial charge on any atom is 0.231 e. The molecular weight excluding hydrogens is 162 g/mol. The second-order valence-electron chi connectivity index (χ2n) is 1.39. The summed E-state index contributed by atoms with van der Waals surface area (Å²) in [6, 6.07) is 0. The number of carbonyl (C=O) groups excluding carboxylic acids is 2. The molecule has 6 nitrogen and oxygen atoms in total. The fourth-order valence-corrected chi connectivity index (χ4v) is 0.0707. The summed E-state index contributed by atoms with van der Waals surface area (Å²) in [7, 11) is 0. The van der Waals surface area contributed by atoms with Crippen molar-refractivity contribution in [1.82, 2.24) is 0 Å². The first-order valence-corrected chi connectivity index (χ1v) is 2.89. The van der Waals surface area contributed by atoms with Gasteiger partial charge in [-0.15, -0.1) is 0 Å². The fourth-order valence-electron chi connectivity index (χ4n) is 0.0707. The normalized spacial score (nSPS) is 7.33. The Hall–Kier alpha value is -1.77. The van der Waals surface area contributed by atoms with Gasteiger partial charge in [0.15, 0.2) is 0 Å². The minimum atomic E-state index is 0.750. The maximum absolute atomic E-state index is 8.35. The molecule has 0 aromatic heterocycles. The van der Waals surface area contributed by atoms with E-state index in [9.17, 15) is 0 Å². The van der Waals surface area contributed by atoms with E-state index < -0.39 is 0 Å². The van der Waals surface area contributed by atoms with E-state index in [1.165, 1.54) is 0 Å². The van der Waals surface area contributed by atoms with Crippen LogP contribution >= 0.6 is 0 Å². The van der Waals surface area contributed by atoms with Gasteiger partial charge in [-0.25, -0.2) is 20.4 Å². The van der Waals surface area contributed by atoms with Crippen LogP contribution in [0, 0.1) is 10.8 Å². The zero-order chi connectivity index (χ0) is 10.4. The number of hydrogen-bond acceptors (Lipinski definition) is 6. The molecule has 0 bridgehead atoms. The largest absolute Gasteiger partial charge is 0.411 e. The van der Waals surface area contributed by atoms with Gasteiger partial charge in [0, 0.05) is 0 Å². The van der Waals surface area contributed by atoms with E-state index in [1.54, 1.807) is 6.92 Å². The lowest BCUT2D eigenvalue weighted by molar-refractivity contribution is 0.317. The Morgan fingerprint density at radius 2 is 1.67 bits per heavy atom. The van der Waals surface area contributed by atoms with Crippen LogP contribution in [0.2, 0.25) is 0 Å². The van der Waals surface area contributed by atoms with E-state index in [0.717, 1.165) is 24.3 Å². The van der Waals surface area contributed by atoms with Crippen LogP contribution in [0.15, 0.2) is 5.16 Å². The van der Waals surface area contributed by atoms with Gasteiger partial charge in [0.25, 0.3) is 0 Å². The highest BCUT2D eigenvalue weighted by Gasteiger charge is 1.77. The number of isocyanates is 2. The average molecular weight is 173 g/mol. The van der Waals surface area contributed by atoms with Crippen molar-refractivity contribution in [3.8, 4) is 0 Å². The Bertz CT molecular complexity index is 164. The van der Waals surface area contributed by atoms with Crippen LogP contribution in [0.4, 0.5) is 0 Å². The average Bonchev–Trinajstić information content (AvgIpc) is 2.06. The molecule has 0 aromatic rings. The van der Waals surface area contributed by atoms with Crippen molar-refractivity contribution in [3.05, 3.63) is 0 Å². The van der Waals surface area contributed by atoms with Gasteiger partial charge >= 0.3 is 0 Å². The lowest BCUT2D eigenvalue weighted by Crippen LogP contribution is -1.83. The third kappa shape index (κ3) is 86.5. The molecule has 0 atom stereocenters. The predicted octanol–water partition coefficient (Wildman–Crippen LogP) is 1.05. The molecule has 0 saturated heterocycles. The lowest BCUT2D eigenvalue weighted by Gasteiger charge is -1.81. The highest BCUT2D eigenvalue weighted by atomic mass is 16.4. The standard InChI is InChI=1S/C4H9NO.2CHNO/c1-3-4(2)5-6;2*2-1-3/h6H,3H2,1-2H3;2*2H. The number of hydrogen-bond donors (Lipinski definition) is 3. The molecule has 0 unspecified atom stereocenters. The van der Waals surface area contributed by atoms with Gasteiger partial charge in [-0.2, -0.15) is 0 Å². The third-order valence-corrected chi connectivity index (χ3v) is 0.682. The van der Waals surface area contributed by atoms with Crippen molar-refractivity contribution < 1.29 is 14.8 Å². The van der Waals surface area contributed by atoms with E-state index >= 15 is 0 Å². The molecule has 0 saturated carbocycles. The number of oxime groups is 1. The number of nitrogens with zero attached hydrogens (tertiary/aromatic N) is 1. The van der Waals surface area contributed by atoms with Crippen LogP contribution in [0.5, 0.6) is 0 Å². The lowest BCUT2D eigenvalue weighted by atomic mass is 10.3. The SMILES string of the molecule is CCC(C)=NO.N=C=O.N=C=O. The molecule has 0 spiro atoms. The molecule has 0 aromatic carbocycles. The topological polar surface area (TPSA) is 114 Å². The van der Waals surface area contributed by atoms with Crippen LogP contribution in [-0.4, -0.2) is 23.1 Å². The molecule has 6 heteroatoms. The second-order valence-corrected chi connectivity index (χ2v) is 1.39. The first-order chi connectivity index (χ1) is 5.64. The predicted molar refractivity (Wildman–Crippen MR) is 42.0 cm³/mol. The molecule has 0 aliphatic carbocycles. The van der Waals surface area contributed by atoms with Crippen LogP contribution in [-0.2, 0) is 9.59 Å². The van der Waals surface area contributed by atoms with Crippen molar-refractivity contribution >= 4 is 17.9 Å². The van der Waals surface area contributed by atoms with Crippen LogP contribution in [0.1, 0.15) is 20.3 Å². The van der Waals surface area contributed by atoms with E-state index in [0.29, 0.717) is 0 Å². The highest BCUT2D eigenvalue weighted by molar-refractivity contribution is 5.80. The summed E-state index contributed by atoms with van der Waals surface area (Å²) in [6.07, 6.45) is 2.33. The summed E-state index contributed by atoms with van der Waals surface area (Å²) < 4.78 is 0. The minimum absolute atomic E-state index is 0.750. The molecule has 0 heterocycles. The molecule has 0 fully saturated rings. The Morgan fingerprint density at radius 1 is 1.42 bits per heavy atom. The fraction of sp³-hybridized carbons (Fsp3) is 0.500. The first-order valence-electron chi connectivity index (χ1n) is 2.89. The third-order valence-electron chi connectivity index (χ3n) is 0.682. The second kappa shape index (κ2) is 22.9. The van der Waals surface area contributed by atoms with E-state index in [-0.39, 0.29) is 0 Å². The minimum Gasteiger partial charge on any atom is -0.411 e. The molecule has 0 rings (SSSR count). The molecule has 0 radical (unpaired) electrons. The summed E-state index contributed by atoms with van der Waals surface area (Å²) in [5.41, 5.74) is 0.773. The van der Waals surface area contributed by atoms with Gasteiger partial charge < -0.3 is 5.21 Å². The van der Waals surface area contributed by atoms with Gasteiger partial charge in [-0.3, -0.25) is 0 Å². The van der Waals surface area contributed by atoms with Crippen molar-refractivity contribution in [2.75, 3.05) is 0 Å². The number of rotatable bonds is 1. The summed E-state index contributed by atoms with van der Waals surface area (Å²) in [6.45, 7) is 3.72. The van der Waals surface area contributed by atoms with Gasteiger partial charge in [-0.1, -0.05) is 12.1 Å². The first kappa shape index (κ1) is 16.7. The Kier molecular flexibility index (Phi) is 31.8. The zero-order valence-electron chi connectivity index (χ0n) is 6.92.